The van der Waals surface area contributed by atoms with Crippen LogP contribution >= 0.6 is 0 Å². The van der Waals surface area contributed by atoms with Gasteiger partial charge in [-0.2, -0.15) is 5.10 Å². The first-order valence-corrected chi connectivity index (χ1v) is 13.2. The first kappa shape index (κ1) is 26.8. The van der Waals surface area contributed by atoms with Gasteiger partial charge in [0.05, 0.1) is 36.9 Å². The predicted molar refractivity (Wildman–Crippen MR) is 151 cm³/mol. The van der Waals surface area contributed by atoms with E-state index in [4.69, 9.17) is 25.0 Å². The molecule has 1 aromatic heterocycles. The summed E-state index contributed by atoms with van der Waals surface area (Å²) in [5.41, 5.74) is 10.1. The van der Waals surface area contributed by atoms with Crippen molar-refractivity contribution in [3.05, 3.63) is 95.7 Å². The highest BCUT2D eigenvalue weighted by atomic mass is 16.6. The van der Waals surface area contributed by atoms with Crippen molar-refractivity contribution in [2.45, 2.75) is 25.4 Å². The van der Waals surface area contributed by atoms with E-state index >= 15 is 0 Å². The zero-order valence-electron chi connectivity index (χ0n) is 22.6. The van der Waals surface area contributed by atoms with Crippen molar-refractivity contribution in [2.75, 3.05) is 27.3 Å². The van der Waals surface area contributed by atoms with Crippen LogP contribution in [0, 0.1) is 0 Å². The Hall–Kier alpha value is -4.79. The number of aromatic nitrogens is 2. The maximum atomic E-state index is 13.0. The number of rotatable bonds is 8. The Kier molecular flexibility index (Phi) is 8.00. The minimum atomic E-state index is -0.551. The van der Waals surface area contributed by atoms with Gasteiger partial charge < -0.3 is 24.8 Å². The number of primary amides is 1. The van der Waals surface area contributed by atoms with Gasteiger partial charge in [-0.05, 0) is 66.9 Å². The number of carbonyl (C=O) groups is 2. The Balaban J connectivity index is 1.43. The molecule has 1 saturated heterocycles. The fraction of sp³-hybridized carbons (Fsp3) is 0.258. The molecule has 4 aromatic rings. The summed E-state index contributed by atoms with van der Waals surface area (Å²) in [4.78, 5) is 27.4. The molecule has 0 spiro atoms. The molecule has 5 rings (SSSR count). The fourth-order valence-electron chi connectivity index (χ4n) is 5.04. The third kappa shape index (κ3) is 5.63. The number of hydrogen-bond acceptors (Lipinski definition) is 6. The number of hydrogen-bond donors (Lipinski definition) is 1. The Labute approximate surface area is 233 Å². The van der Waals surface area contributed by atoms with Crippen molar-refractivity contribution >= 4 is 12.0 Å². The molecule has 206 valence electrons. The second-order valence-electron chi connectivity index (χ2n) is 9.61. The smallest absolute Gasteiger partial charge is 0.410 e. The van der Waals surface area contributed by atoms with Crippen LogP contribution in [-0.4, -0.2) is 54.0 Å². The molecule has 1 aliphatic heterocycles. The van der Waals surface area contributed by atoms with E-state index in [2.05, 4.69) is 0 Å². The number of likely N-dealkylation sites (tertiary alicyclic amines) is 1. The minimum absolute atomic E-state index is 0.0582. The van der Waals surface area contributed by atoms with Crippen molar-refractivity contribution in [1.82, 2.24) is 14.7 Å². The van der Waals surface area contributed by atoms with Crippen molar-refractivity contribution in [3.8, 4) is 28.4 Å². The van der Waals surface area contributed by atoms with Crippen molar-refractivity contribution in [2.24, 2.45) is 5.73 Å². The first-order valence-electron chi connectivity index (χ1n) is 13.2. The Morgan fingerprint density at radius 2 is 1.48 bits per heavy atom. The summed E-state index contributed by atoms with van der Waals surface area (Å²) in [5, 5.41) is 4.95. The average Bonchev–Trinajstić information content (AvgIpc) is 3.41. The lowest BCUT2D eigenvalue weighted by Gasteiger charge is -2.30. The summed E-state index contributed by atoms with van der Waals surface area (Å²) in [6.07, 6.45) is 0.908. The van der Waals surface area contributed by atoms with Gasteiger partial charge in [0.2, 0.25) is 0 Å². The van der Waals surface area contributed by atoms with Gasteiger partial charge in [-0.25, -0.2) is 9.48 Å². The molecule has 3 aromatic carbocycles. The lowest BCUT2D eigenvalue weighted by Crippen LogP contribution is -2.38. The van der Waals surface area contributed by atoms with Gasteiger partial charge in [0.15, 0.2) is 0 Å². The molecule has 0 radical (unpaired) electrons. The van der Waals surface area contributed by atoms with Crippen LogP contribution in [-0.2, 0) is 11.3 Å². The monoisotopic (exact) mass is 540 g/mol. The molecule has 1 fully saturated rings. The van der Waals surface area contributed by atoms with Crippen LogP contribution in [0.2, 0.25) is 0 Å². The molecule has 40 heavy (non-hydrogen) atoms. The van der Waals surface area contributed by atoms with Crippen molar-refractivity contribution in [1.29, 1.82) is 0 Å². The summed E-state index contributed by atoms with van der Waals surface area (Å²) in [6, 6.07) is 24.5. The van der Waals surface area contributed by atoms with Gasteiger partial charge in [-0.15, -0.1) is 0 Å². The quantitative estimate of drug-likeness (QED) is 0.330. The van der Waals surface area contributed by atoms with Crippen molar-refractivity contribution < 1.29 is 23.8 Å². The van der Waals surface area contributed by atoms with Crippen LogP contribution in [0.1, 0.15) is 40.4 Å². The zero-order chi connectivity index (χ0) is 28.1. The van der Waals surface area contributed by atoms with Crippen LogP contribution in [0.25, 0.3) is 16.9 Å². The Bertz CT molecular complexity index is 1460. The summed E-state index contributed by atoms with van der Waals surface area (Å²) < 4.78 is 17.9. The maximum Gasteiger partial charge on any atom is 0.410 e. The van der Waals surface area contributed by atoms with E-state index in [1.165, 1.54) is 0 Å². The third-order valence-electron chi connectivity index (χ3n) is 7.18. The number of piperidine rings is 1. The number of nitrogens with two attached hydrogens (primary N) is 1. The Morgan fingerprint density at radius 3 is 2.05 bits per heavy atom. The van der Waals surface area contributed by atoms with E-state index in [9.17, 15) is 9.59 Å². The molecule has 0 bridgehead atoms. The number of ether oxygens (including phenoxy) is 3. The summed E-state index contributed by atoms with van der Waals surface area (Å²) >= 11 is 0. The molecule has 2 amide bonds. The number of carbonyl (C=O) groups excluding carboxylic acids is 2. The summed E-state index contributed by atoms with van der Waals surface area (Å²) in [7, 11) is 3.21. The van der Waals surface area contributed by atoms with Crippen LogP contribution in [0.5, 0.6) is 11.5 Å². The van der Waals surface area contributed by atoms with Crippen LogP contribution in [0.15, 0.2) is 78.9 Å². The molecular weight excluding hydrogens is 508 g/mol. The molecule has 0 aliphatic carbocycles. The minimum Gasteiger partial charge on any atom is -0.497 e. The van der Waals surface area contributed by atoms with Gasteiger partial charge in [0.25, 0.3) is 5.91 Å². The molecule has 2 heterocycles. The lowest BCUT2D eigenvalue weighted by atomic mass is 9.89. The number of amides is 2. The molecule has 0 saturated carbocycles. The zero-order valence-corrected chi connectivity index (χ0v) is 22.6. The van der Waals surface area contributed by atoms with Gasteiger partial charge >= 0.3 is 6.09 Å². The lowest BCUT2D eigenvalue weighted by molar-refractivity contribution is 0.0864. The second-order valence-corrected chi connectivity index (χ2v) is 9.61. The number of benzene rings is 3. The normalized spacial score (nSPS) is 13.6. The van der Waals surface area contributed by atoms with E-state index < -0.39 is 5.91 Å². The summed E-state index contributed by atoms with van der Waals surface area (Å²) in [5.74, 6) is 0.804. The highest BCUT2D eigenvalue weighted by molar-refractivity contribution is 6.00. The van der Waals surface area contributed by atoms with Gasteiger partial charge in [-0.1, -0.05) is 30.3 Å². The van der Waals surface area contributed by atoms with E-state index in [0.29, 0.717) is 54.4 Å². The molecule has 9 nitrogen and oxygen atoms in total. The molecule has 0 unspecified atom stereocenters. The molecule has 2 N–H and O–H groups in total. The average molecular weight is 541 g/mol. The first-order chi connectivity index (χ1) is 19.5. The van der Waals surface area contributed by atoms with Gasteiger partial charge in [0.1, 0.15) is 18.1 Å². The van der Waals surface area contributed by atoms with E-state index in [0.717, 1.165) is 16.8 Å². The van der Waals surface area contributed by atoms with Crippen LogP contribution < -0.4 is 15.2 Å². The van der Waals surface area contributed by atoms with Crippen LogP contribution in [0.4, 0.5) is 4.79 Å². The highest BCUT2D eigenvalue weighted by Gasteiger charge is 2.32. The Morgan fingerprint density at radius 1 is 0.875 bits per heavy atom. The second kappa shape index (κ2) is 11.9. The standard InChI is InChI=1S/C31H32N4O5/c1-38-25-12-8-23(9-13-25)29-27(30(32)36)28(33-35(29)24-10-14-26(39-2)15-11-24)22-16-18-34(19-17-22)31(37)40-20-21-6-4-3-5-7-21/h3-15,22H,16-20H2,1-2H3,(H2,32,36). The predicted octanol–water partition coefficient (Wildman–Crippen LogP) is 5.17. The molecule has 0 atom stereocenters. The molecule has 9 heteroatoms. The topological polar surface area (TPSA) is 109 Å². The fourth-order valence-corrected chi connectivity index (χ4v) is 5.04. The van der Waals surface area contributed by atoms with Gasteiger partial charge in [-0.3, -0.25) is 4.79 Å². The van der Waals surface area contributed by atoms with E-state index in [1.54, 1.807) is 23.8 Å². The third-order valence-corrected chi connectivity index (χ3v) is 7.18. The highest BCUT2D eigenvalue weighted by Crippen LogP contribution is 2.37. The van der Waals surface area contributed by atoms with E-state index in [1.807, 2.05) is 78.9 Å². The number of methoxy groups -OCH3 is 2. The van der Waals surface area contributed by atoms with Gasteiger partial charge in [0, 0.05) is 24.6 Å². The maximum absolute atomic E-state index is 13.0. The summed E-state index contributed by atoms with van der Waals surface area (Å²) in [6.45, 7) is 1.20. The van der Waals surface area contributed by atoms with E-state index in [-0.39, 0.29) is 18.6 Å². The largest absolute Gasteiger partial charge is 0.497 e. The molecular formula is C31H32N4O5. The van der Waals surface area contributed by atoms with Crippen molar-refractivity contribution in [3.63, 3.8) is 0 Å². The molecule has 1 aliphatic rings. The van der Waals surface area contributed by atoms with Crippen LogP contribution in [0.3, 0.4) is 0 Å². The number of nitrogens with zero attached hydrogens (tertiary/aromatic N) is 3. The SMILES string of the molecule is COc1ccc(-c2c(C(N)=O)c(C3CCN(C(=O)OCc4ccccc4)CC3)nn2-c2ccc(OC)cc2)cc1.